The Balaban J connectivity index is 2.59. The van der Waals surface area contributed by atoms with Crippen molar-refractivity contribution in [3.8, 4) is 0 Å². The maximum atomic E-state index is 5.15. The Morgan fingerprint density at radius 1 is 0.964 bits per heavy atom. The highest BCUT2D eigenvalue weighted by Crippen LogP contribution is 2.38. The molecule has 28 heavy (non-hydrogen) atoms. The van der Waals surface area contributed by atoms with Gasteiger partial charge in [-0.3, -0.25) is 0 Å². The number of aliphatic imine (C=N–C) groups is 1. The van der Waals surface area contributed by atoms with Crippen LogP contribution in [-0.2, 0) is 0 Å². The number of hydrogen-bond acceptors (Lipinski definition) is 3. The molecule has 0 bridgehead atoms. The summed E-state index contributed by atoms with van der Waals surface area (Å²) in [7, 11) is 0. The lowest BCUT2D eigenvalue weighted by Gasteiger charge is -2.50. The van der Waals surface area contributed by atoms with E-state index < -0.39 is 0 Å². The zero-order valence-corrected chi connectivity index (χ0v) is 20.4. The van der Waals surface area contributed by atoms with Gasteiger partial charge in [-0.25, -0.2) is 4.99 Å². The van der Waals surface area contributed by atoms with Gasteiger partial charge in [0.25, 0.3) is 6.17 Å². The molecular formula is C24H43N4+. The predicted octanol–water partition coefficient (Wildman–Crippen LogP) is 5.73. The molecule has 158 valence electrons. The highest BCUT2D eigenvalue weighted by molar-refractivity contribution is 6.31. The molecule has 0 radical (unpaired) electrons. The standard InChI is InChI=1S/C24H43N4/c1-21(2,3)15-17(22(4,5)6)27(24(10,11)12)20-14-13-19-25-16-18(23(7,8)9)28(19)26-20/h13-14,16-17,19H,15H2,1-12H3/q+1. The monoisotopic (exact) mass is 387 g/mol. The van der Waals surface area contributed by atoms with Crippen molar-refractivity contribution in [3.63, 3.8) is 0 Å². The number of hydrogen-bond donors (Lipinski definition) is 0. The van der Waals surface area contributed by atoms with E-state index in [1.165, 1.54) is 5.71 Å². The summed E-state index contributed by atoms with van der Waals surface area (Å²) < 4.78 is 2.12. The number of rotatable bonds is 2. The van der Waals surface area contributed by atoms with Gasteiger partial charge in [-0.05, 0) is 44.1 Å². The Morgan fingerprint density at radius 2 is 1.54 bits per heavy atom. The molecule has 0 spiro atoms. The van der Waals surface area contributed by atoms with Crippen molar-refractivity contribution < 1.29 is 4.68 Å². The summed E-state index contributed by atoms with van der Waals surface area (Å²) >= 11 is 0. The van der Waals surface area contributed by atoms with E-state index >= 15 is 0 Å². The van der Waals surface area contributed by atoms with Crippen molar-refractivity contribution >= 4 is 17.8 Å². The molecule has 2 atom stereocenters. The summed E-state index contributed by atoms with van der Waals surface area (Å²) in [6.07, 6.45) is 7.47. The fraction of sp³-hybridized carbons (Fsp3) is 0.792. The van der Waals surface area contributed by atoms with Crippen molar-refractivity contribution in [2.75, 3.05) is 0 Å². The molecule has 4 heteroatoms. The topological polar surface area (TPSA) is 31.0 Å². The Labute approximate surface area is 173 Å². The fourth-order valence-corrected chi connectivity index (χ4v) is 3.97. The van der Waals surface area contributed by atoms with Crippen LogP contribution in [0.1, 0.15) is 89.5 Å². The Kier molecular flexibility index (Phi) is 5.80. The maximum Gasteiger partial charge on any atom is 0.296 e. The van der Waals surface area contributed by atoms with Crippen LogP contribution in [0.15, 0.2) is 22.2 Å². The van der Waals surface area contributed by atoms with Gasteiger partial charge in [-0.15, -0.1) is 0 Å². The molecule has 2 unspecified atom stereocenters. The van der Waals surface area contributed by atoms with E-state index in [0.717, 1.165) is 12.3 Å². The van der Waals surface area contributed by atoms with Crippen LogP contribution in [0, 0.1) is 16.2 Å². The van der Waals surface area contributed by atoms with Crippen molar-refractivity contribution in [2.45, 2.75) is 107 Å². The normalized spacial score (nSPS) is 21.7. The molecular weight excluding hydrogens is 344 g/mol. The number of hydrazone groups is 1. The zero-order chi connectivity index (χ0) is 21.7. The first-order chi connectivity index (χ1) is 12.4. The summed E-state index contributed by atoms with van der Waals surface area (Å²) in [5, 5.41) is 5.15. The van der Waals surface area contributed by atoms with Gasteiger partial charge in [-0.2, -0.15) is 0 Å². The third kappa shape index (κ3) is 5.12. The van der Waals surface area contributed by atoms with Crippen LogP contribution in [0.3, 0.4) is 0 Å². The van der Waals surface area contributed by atoms with E-state index in [-0.39, 0.29) is 27.9 Å². The third-order valence-corrected chi connectivity index (χ3v) is 5.33. The first-order valence-corrected chi connectivity index (χ1v) is 10.7. The van der Waals surface area contributed by atoms with E-state index in [2.05, 4.69) is 110 Å². The Morgan fingerprint density at radius 3 is 1.96 bits per heavy atom. The lowest BCUT2D eigenvalue weighted by atomic mass is 9.74. The quantitative estimate of drug-likeness (QED) is 0.557. The van der Waals surface area contributed by atoms with E-state index in [4.69, 9.17) is 5.10 Å². The van der Waals surface area contributed by atoms with Crippen LogP contribution < -0.4 is 0 Å². The molecule has 0 aliphatic carbocycles. The van der Waals surface area contributed by atoms with Crippen molar-refractivity contribution in [1.29, 1.82) is 0 Å². The number of amidine groups is 1. The molecule has 0 aromatic rings. The van der Waals surface area contributed by atoms with Gasteiger partial charge in [0.1, 0.15) is 0 Å². The van der Waals surface area contributed by atoms with Crippen LogP contribution in [0.25, 0.3) is 0 Å². The molecule has 0 fully saturated rings. The average Bonchev–Trinajstić information content (AvgIpc) is 2.85. The van der Waals surface area contributed by atoms with Crippen LogP contribution in [0.2, 0.25) is 0 Å². The van der Waals surface area contributed by atoms with Crippen molar-refractivity contribution in [1.82, 2.24) is 4.90 Å². The second-order valence-corrected chi connectivity index (χ2v) is 12.7. The third-order valence-electron chi connectivity index (χ3n) is 5.33. The van der Waals surface area contributed by atoms with Gasteiger partial charge in [0.2, 0.25) is 5.71 Å². The molecule has 0 saturated carbocycles. The largest absolute Gasteiger partial charge is 0.343 e. The van der Waals surface area contributed by atoms with Crippen molar-refractivity contribution in [3.05, 3.63) is 12.2 Å². The van der Waals surface area contributed by atoms with Crippen molar-refractivity contribution in [2.24, 2.45) is 26.3 Å². The SMILES string of the molecule is CC(C)(C)CC(N(C1=N[N+]2=C(C(C)(C)C)C=NC2C=C1)C(C)(C)C)C(C)(C)C. The van der Waals surface area contributed by atoms with E-state index in [1.807, 2.05) is 6.21 Å². The average molecular weight is 388 g/mol. The highest BCUT2D eigenvalue weighted by Gasteiger charge is 2.44. The lowest BCUT2D eigenvalue weighted by Crippen LogP contribution is -2.57. The molecule has 0 aromatic heterocycles. The van der Waals surface area contributed by atoms with Gasteiger partial charge < -0.3 is 4.90 Å². The van der Waals surface area contributed by atoms with Gasteiger partial charge in [0, 0.05) is 22.8 Å². The highest BCUT2D eigenvalue weighted by atomic mass is 15.5. The van der Waals surface area contributed by atoms with E-state index in [0.29, 0.717) is 6.04 Å². The molecule has 2 heterocycles. The molecule has 4 nitrogen and oxygen atoms in total. The lowest BCUT2D eigenvalue weighted by molar-refractivity contribution is -0.558. The smallest absolute Gasteiger partial charge is 0.296 e. The summed E-state index contributed by atoms with van der Waals surface area (Å²) in [6.45, 7) is 27.6. The van der Waals surface area contributed by atoms with E-state index in [9.17, 15) is 0 Å². The molecule has 0 aromatic carbocycles. The van der Waals surface area contributed by atoms with Gasteiger partial charge in [0.05, 0.1) is 11.6 Å². The number of fused-ring (bicyclic) bond motifs is 1. The molecule has 0 N–H and O–H groups in total. The summed E-state index contributed by atoms with van der Waals surface area (Å²) in [4.78, 5) is 7.21. The molecule has 2 aliphatic rings. The zero-order valence-electron chi connectivity index (χ0n) is 20.4. The second-order valence-electron chi connectivity index (χ2n) is 12.7. The van der Waals surface area contributed by atoms with Gasteiger partial charge in [0.15, 0.2) is 5.84 Å². The predicted molar refractivity (Wildman–Crippen MR) is 122 cm³/mol. The van der Waals surface area contributed by atoms with Crippen LogP contribution in [-0.4, -0.2) is 45.1 Å². The molecule has 2 aliphatic heterocycles. The van der Waals surface area contributed by atoms with Crippen LogP contribution >= 0.6 is 0 Å². The molecule has 0 saturated heterocycles. The second kappa shape index (κ2) is 7.11. The van der Waals surface area contributed by atoms with Gasteiger partial charge in [-0.1, -0.05) is 67.0 Å². The molecule has 0 amide bonds. The van der Waals surface area contributed by atoms with E-state index in [1.54, 1.807) is 0 Å². The van der Waals surface area contributed by atoms with Crippen LogP contribution in [0.5, 0.6) is 0 Å². The summed E-state index contributed by atoms with van der Waals surface area (Å²) in [5.41, 5.74) is 1.52. The van der Waals surface area contributed by atoms with Crippen LogP contribution in [0.4, 0.5) is 0 Å². The summed E-state index contributed by atoms with van der Waals surface area (Å²) in [6, 6.07) is 0.369. The minimum atomic E-state index is -0.0400. The Hall–Kier alpha value is -1.45. The number of nitrogens with zero attached hydrogens (tertiary/aromatic N) is 4. The maximum absolute atomic E-state index is 5.15. The minimum absolute atomic E-state index is 0.00417. The first-order valence-electron chi connectivity index (χ1n) is 10.7. The Bertz CT molecular complexity index is 710. The fourth-order valence-electron chi connectivity index (χ4n) is 3.97. The summed E-state index contributed by atoms with van der Waals surface area (Å²) in [5.74, 6) is 1.04. The van der Waals surface area contributed by atoms with Gasteiger partial charge >= 0.3 is 0 Å². The first kappa shape index (κ1) is 22.8. The minimum Gasteiger partial charge on any atom is -0.343 e. The molecule has 2 rings (SSSR count).